The molecule has 0 heterocycles. The third-order valence-corrected chi connectivity index (χ3v) is 2.57. The normalized spacial score (nSPS) is 9.83. The van der Waals surface area contributed by atoms with Crippen LogP contribution < -0.4 is 15.8 Å². The van der Waals surface area contributed by atoms with E-state index in [9.17, 15) is 9.59 Å². The van der Waals surface area contributed by atoms with Gasteiger partial charge in [-0.3, -0.25) is 9.59 Å². The summed E-state index contributed by atoms with van der Waals surface area (Å²) in [5.41, 5.74) is 4.90. The van der Waals surface area contributed by atoms with Crippen molar-refractivity contribution in [3.63, 3.8) is 0 Å². The molecule has 2 amide bonds. The SMILES string of the molecule is NC(=O)CNC(=O)CCCOc1cccc(Br)c1. The largest absolute Gasteiger partial charge is 0.494 e. The van der Waals surface area contributed by atoms with Crippen molar-refractivity contribution in [3.05, 3.63) is 28.7 Å². The zero-order valence-electron chi connectivity index (χ0n) is 9.82. The van der Waals surface area contributed by atoms with Crippen LogP contribution in [0.4, 0.5) is 0 Å². The van der Waals surface area contributed by atoms with E-state index in [1.807, 2.05) is 24.3 Å². The molecule has 0 spiro atoms. The summed E-state index contributed by atoms with van der Waals surface area (Å²) in [6, 6.07) is 7.48. The molecule has 1 rings (SSSR count). The molecular formula is C12H15BrN2O3. The summed E-state index contributed by atoms with van der Waals surface area (Å²) in [4.78, 5) is 21.7. The van der Waals surface area contributed by atoms with Gasteiger partial charge in [0.1, 0.15) is 5.75 Å². The lowest BCUT2D eigenvalue weighted by molar-refractivity contribution is -0.124. The molecule has 0 fully saturated rings. The van der Waals surface area contributed by atoms with Crippen molar-refractivity contribution < 1.29 is 14.3 Å². The highest BCUT2D eigenvalue weighted by Gasteiger charge is 2.02. The van der Waals surface area contributed by atoms with Crippen molar-refractivity contribution in [1.29, 1.82) is 0 Å². The van der Waals surface area contributed by atoms with Gasteiger partial charge in [-0.1, -0.05) is 22.0 Å². The molecule has 0 radical (unpaired) electrons. The Kier molecular flexibility index (Phi) is 6.21. The molecule has 18 heavy (non-hydrogen) atoms. The molecule has 0 aliphatic heterocycles. The van der Waals surface area contributed by atoms with Crippen LogP contribution in [0.15, 0.2) is 28.7 Å². The van der Waals surface area contributed by atoms with Gasteiger partial charge in [-0.2, -0.15) is 0 Å². The van der Waals surface area contributed by atoms with Gasteiger partial charge in [0.25, 0.3) is 0 Å². The lowest BCUT2D eigenvalue weighted by atomic mass is 10.3. The Hall–Kier alpha value is -1.56. The average molecular weight is 315 g/mol. The quantitative estimate of drug-likeness (QED) is 0.742. The van der Waals surface area contributed by atoms with Crippen LogP contribution in [0.3, 0.4) is 0 Å². The summed E-state index contributed by atoms with van der Waals surface area (Å²) >= 11 is 3.34. The van der Waals surface area contributed by atoms with E-state index in [1.165, 1.54) is 0 Å². The number of hydrogen-bond donors (Lipinski definition) is 2. The first-order chi connectivity index (χ1) is 8.58. The Labute approximate surface area is 114 Å². The lowest BCUT2D eigenvalue weighted by Crippen LogP contribution is -2.33. The van der Waals surface area contributed by atoms with E-state index in [1.54, 1.807) is 0 Å². The molecule has 0 aromatic heterocycles. The fraction of sp³-hybridized carbons (Fsp3) is 0.333. The number of benzene rings is 1. The Morgan fingerprint density at radius 2 is 2.17 bits per heavy atom. The van der Waals surface area contributed by atoms with E-state index < -0.39 is 5.91 Å². The van der Waals surface area contributed by atoms with Crippen LogP contribution in [-0.4, -0.2) is 25.0 Å². The molecule has 1 aromatic carbocycles. The van der Waals surface area contributed by atoms with Crippen LogP contribution >= 0.6 is 15.9 Å². The van der Waals surface area contributed by atoms with Crippen LogP contribution in [0.25, 0.3) is 0 Å². The summed E-state index contributed by atoms with van der Waals surface area (Å²) in [6.07, 6.45) is 0.887. The molecule has 5 nitrogen and oxygen atoms in total. The number of rotatable bonds is 7. The Balaban J connectivity index is 2.15. The number of carbonyl (C=O) groups is 2. The molecule has 0 saturated heterocycles. The van der Waals surface area contributed by atoms with Crippen LogP contribution in [0, 0.1) is 0 Å². The van der Waals surface area contributed by atoms with Gasteiger partial charge in [0.05, 0.1) is 13.2 Å². The summed E-state index contributed by atoms with van der Waals surface area (Å²) in [5.74, 6) is 0.00213. The predicted octanol–water partition coefficient (Wildman–Crippen LogP) is 1.21. The van der Waals surface area contributed by atoms with Crippen LogP contribution in [-0.2, 0) is 9.59 Å². The first kappa shape index (κ1) is 14.5. The van der Waals surface area contributed by atoms with E-state index in [0.29, 0.717) is 19.4 Å². The average Bonchev–Trinajstić information content (AvgIpc) is 2.32. The number of carbonyl (C=O) groups excluding carboxylic acids is 2. The first-order valence-corrected chi connectivity index (χ1v) is 6.30. The van der Waals surface area contributed by atoms with Crippen molar-refractivity contribution in [2.45, 2.75) is 12.8 Å². The molecule has 3 N–H and O–H groups in total. The number of hydrogen-bond acceptors (Lipinski definition) is 3. The third kappa shape index (κ3) is 6.24. The predicted molar refractivity (Wildman–Crippen MR) is 71.1 cm³/mol. The second-order valence-corrected chi connectivity index (χ2v) is 4.57. The number of amides is 2. The highest BCUT2D eigenvalue weighted by Crippen LogP contribution is 2.17. The van der Waals surface area contributed by atoms with Gasteiger partial charge in [-0.15, -0.1) is 0 Å². The molecule has 0 aliphatic rings. The Bertz CT molecular complexity index is 424. The highest BCUT2D eigenvalue weighted by molar-refractivity contribution is 9.10. The highest BCUT2D eigenvalue weighted by atomic mass is 79.9. The maximum absolute atomic E-state index is 11.2. The second kappa shape index (κ2) is 7.71. The topological polar surface area (TPSA) is 81.4 Å². The van der Waals surface area contributed by atoms with Crippen molar-refractivity contribution in [2.75, 3.05) is 13.2 Å². The molecule has 0 aliphatic carbocycles. The smallest absolute Gasteiger partial charge is 0.236 e. The minimum absolute atomic E-state index is 0.120. The summed E-state index contributed by atoms with van der Waals surface area (Å²) < 4.78 is 6.40. The monoisotopic (exact) mass is 314 g/mol. The number of nitrogens with two attached hydrogens (primary N) is 1. The summed E-state index contributed by atoms with van der Waals surface area (Å²) in [5, 5.41) is 2.41. The fourth-order valence-corrected chi connectivity index (χ4v) is 1.63. The minimum atomic E-state index is -0.547. The van der Waals surface area contributed by atoms with Gasteiger partial charge in [-0.25, -0.2) is 0 Å². The van der Waals surface area contributed by atoms with E-state index in [4.69, 9.17) is 10.5 Å². The molecule has 0 atom stereocenters. The lowest BCUT2D eigenvalue weighted by Gasteiger charge is -2.06. The fourth-order valence-electron chi connectivity index (χ4n) is 1.25. The van der Waals surface area contributed by atoms with E-state index >= 15 is 0 Å². The Morgan fingerprint density at radius 1 is 1.39 bits per heavy atom. The van der Waals surface area contributed by atoms with Gasteiger partial charge in [0.15, 0.2) is 0 Å². The molecule has 0 unspecified atom stereocenters. The molecule has 0 saturated carbocycles. The second-order valence-electron chi connectivity index (χ2n) is 3.65. The van der Waals surface area contributed by atoms with Crippen molar-refractivity contribution in [2.24, 2.45) is 5.73 Å². The number of nitrogens with one attached hydrogen (secondary N) is 1. The van der Waals surface area contributed by atoms with E-state index in [-0.39, 0.29) is 12.5 Å². The number of ether oxygens (including phenoxy) is 1. The molecule has 6 heteroatoms. The van der Waals surface area contributed by atoms with E-state index in [0.717, 1.165) is 10.2 Å². The first-order valence-electron chi connectivity index (χ1n) is 5.51. The van der Waals surface area contributed by atoms with Crippen molar-refractivity contribution >= 4 is 27.7 Å². The van der Waals surface area contributed by atoms with Crippen LogP contribution in [0.5, 0.6) is 5.75 Å². The molecular weight excluding hydrogens is 300 g/mol. The maximum Gasteiger partial charge on any atom is 0.236 e. The van der Waals surface area contributed by atoms with Gasteiger partial charge >= 0.3 is 0 Å². The summed E-state index contributed by atoms with van der Waals surface area (Å²) in [7, 11) is 0. The van der Waals surface area contributed by atoms with Crippen molar-refractivity contribution in [1.82, 2.24) is 5.32 Å². The van der Waals surface area contributed by atoms with Gasteiger partial charge in [0, 0.05) is 10.9 Å². The van der Waals surface area contributed by atoms with Crippen LogP contribution in [0.2, 0.25) is 0 Å². The maximum atomic E-state index is 11.2. The van der Waals surface area contributed by atoms with Gasteiger partial charge in [0.2, 0.25) is 11.8 Å². The Morgan fingerprint density at radius 3 is 2.83 bits per heavy atom. The molecule has 98 valence electrons. The zero-order chi connectivity index (χ0) is 13.4. The van der Waals surface area contributed by atoms with Gasteiger partial charge < -0.3 is 15.8 Å². The van der Waals surface area contributed by atoms with E-state index in [2.05, 4.69) is 21.2 Å². The summed E-state index contributed by atoms with van der Waals surface area (Å²) in [6.45, 7) is 0.325. The third-order valence-electron chi connectivity index (χ3n) is 2.07. The van der Waals surface area contributed by atoms with Crippen molar-refractivity contribution in [3.8, 4) is 5.75 Å². The molecule has 1 aromatic rings. The van der Waals surface area contributed by atoms with Crippen LogP contribution in [0.1, 0.15) is 12.8 Å². The van der Waals surface area contributed by atoms with Gasteiger partial charge in [-0.05, 0) is 24.6 Å². The zero-order valence-corrected chi connectivity index (χ0v) is 11.4. The number of halogens is 1. The minimum Gasteiger partial charge on any atom is -0.494 e. The standard InChI is InChI=1S/C12H15BrN2O3/c13-9-3-1-4-10(7-9)18-6-2-5-12(17)15-8-11(14)16/h1,3-4,7H,2,5-6,8H2,(H2,14,16)(H,15,17). The molecule has 0 bridgehead atoms. The number of primary amides is 1.